The maximum atomic E-state index is 10.8. The highest BCUT2D eigenvalue weighted by atomic mass is 35.5. The third kappa shape index (κ3) is 4.68. The molecule has 0 saturated carbocycles. The molecular formula is C19H19ClN2O3. The zero-order valence-corrected chi connectivity index (χ0v) is 14.6. The first-order chi connectivity index (χ1) is 11.6. The molecule has 25 heavy (non-hydrogen) atoms. The average molecular weight is 359 g/mol. The van der Waals surface area contributed by atoms with E-state index >= 15 is 0 Å². The smallest absolute Gasteiger partial charge is 0.270 e. The zero-order chi connectivity index (χ0) is 16.9. The standard InChI is InChI=1S/C19H18N2O3.ClH/c1-20(13-16-14-24-19-10-3-2-9-18(16)19)11-5-7-15-6-4-8-17(12-15)21(22)23;/h2-10,12,14H,11,13H2,1H3;1H/b7-5+;. The number of non-ortho nitro benzene ring substituents is 1. The number of benzene rings is 2. The number of rotatable bonds is 6. The van der Waals surface area contributed by atoms with Crippen LogP contribution < -0.4 is 0 Å². The van der Waals surface area contributed by atoms with Crippen LogP contribution >= 0.6 is 12.4 Å². The van der Waals surface area contributed by atoms with Gasteiger partial charge in [-0.3, -0.25) is 15.0 Å². The highest BCUT2D eigenvalue weighted by Gasteiger charge is 2.07. The topological polar surface area (TPSA) is 59.5 Å². The Labute approximate surface area is 152 Å². The molecule has 0 bridgehead atoms. The fourth-order valence-electron chi connectivity index (χ4n) is 2.62. The second kappa shape index (κ2) is 8.46. The van der Waals surface area contributed by atoms with Crippen LogP contribution in [0.25, 0.3) is 17.0 Å². The molecule has 3 rings (SSSR count). The van der Waals surface area contributed by atoms with E-state index < -0.39 is 0 Å². The molecule has 2 aromatic carbocycles. The lowest BCUT2D eigenvalue weighted by Gasteiger charge is -2.13. The van der Waals surface area contributed by atoms with Crippen molar-refractivity contribution in [1.82, 2.24) is 4.90 Å². The van der Waals surface area contributed by atoms with Gasteiger partial charge in [0.15, 0.2) is 0 Å². The van der Waals surface area contributed by atoms with Gasteiger partial charge in [0.25, 0.3) is 5.69 Å². The summed E-state index contributed by atoms with van der Waals surface area (Å²) in [4.78, 5) is 12.6. The third-order valence-corrected chi connectivity index (χ3v) is 3.81. The maximum Gasteiger partial charge on any atom is 0.270 e. The predicted octanol–water partition coefficient (Wildman–Crippen LogP) is 4.91. The maximum absolute atomic E-state index is 10.8. The van der Waals surface area contributed by atoms with Crippen molar-refractivity contribution in [3.63, 3.8) is 0 Å². The molecule has 0 N–H and O–H groups in total. The molecule has 0 fully saturated rings. The van der Waals surface area contributed by atoms with E-state index in [1.165, 1.54) is 6.07 Å². The SMILES string of the molecule is CN(C/C=C/c1cccc([N+](=O)[O-])c1)Cc1coc2ccccc12.Cl. The van der Waals surface area contributed by atoms with Crippen LogP contribution in [0, 0.1) is 10.1 Å². The van der Waals surface area contributed by atoms with Crippen LogP contribution in [-0.4, -0.2) is 23.4 Å². The minimum absolute atomic E-state index is 0. The van der Waals surface area contributed by atoms with E-state index in [0.717, 1.165) is 35.2 Å². The fraction of sp³-hybridized carbons (Fsp3) is 0.158. The molecule has 0 atom stereocenters. The lowest BCUT2D eigenvalue weighted by atomic mass is 10.1. The van der Waals surface area contributed by atoms with E-state index in [2.05, 4.69) is 11.0 Å². The molecule has 130 valence electrons. The molecule has 6 heteroatoms. The molecule has 0 spiro atoms. The quantitative estimate of drug-likeness (QED) is 0.464. The molecular weight excluding hydrogens is 340 g/mol. The van der Waals surface area contributed by atoms with E-state index in [-0.39, 0.29) is 23.0 Å². The number of likely N-dealkylation sites (N-methyl/N-ethyl adjacent to an activating group) is 1. The van der Waals surface area contributed by atoms with Gasteiger partial charge < -0.3 is 4.42 Å². The molecule has 0 aliphatic rings. The minimum atomic E-state index is -0.381. The van der Waals surface area contributed by atoms with Crippen LogP contribution in [0.5, 0.6) is 0 Å². The Kier molecular flexibility index (Phi) is 6.33. The highest BCUT2D eigenvalue weighted by molar-refractivity contribution is 5.85. The number of hydrogen-bond acceptors (Lipinski definition) is 4. The van der Waals surface area contributed by atoms with Crippen LogP contribution in [0.3, 0.4) is 0 Å². The van der Waals surface area contributed by atoms with Crippen LogP contribution in [0.4, 0.5) is 5.69 Å². The molecule has 1 aromatic heterocycles. The number of fused-ring (bicyclic) bond motifs is 1. The second-order valence-electron chi connectivity index (χ2n) is 5.71. The minimum Gasteiger partial charge on any atom is -0.464 e. The summed E-state index contributed by atoms with van der Waals surface area (Å²) in [6.07, 6.45) is 5.70. The van der Waals surface area contributed by atoms with Gasteiger partial charge in [-0.2, -0.15) is 0 Å². The third-order valence-electron chi connectivity index (χ3n) is 3.81. The number of furan rings is 1. The van der Waals surface area contributed by atoms with Gasteiger partial charge in [0.2, 0.25) is 0 Å². The van der Waals surface area contributed by atoms with Crippen molar-refractivity contribution in [3.05, 3.63) is 82.1 Å². The Morgan fingerprint density at radius 1 is 1.20 bits per heavy atom. The van der Waals surface area contributed by atoms with Crippen LogP contribution in [0.2, 0.25) is 0 Å². The fourth-order valence-corrected chi connectivity index (χ4v) is 2.62. The first-order valence-corrected chi connectivity index (χ1v) is 7.68. The summed E-state index contributed by atoms with van der Waals surface area (Å²) >= 11 is 0. The van der Waals surface area contributed by atoms with Gasteiger partial charge >= 0.3 is 0 Å². The molecule has 0 aliphatic heterocycles. The Morgan fingerprint density at radius 3 is 2.80 bits per heavy atom. The average Bonchev–Trinajstić information content (AvgIpc) is 2.98. The summed E-state index contributed by atoms with van der Waals surface area (Å²) in [7, 11) is 2.03. The molecule has 0 saturated heterocycles. The molecule has 5 nitrogen and oxygen atoms in total. The molecule has 1 heterocycles. The van der Waals surface area contributed by atoms with Gasteiger partial charge in [-0.25, -0.2) is 0 Å². The molecule has 0 unspecified atom stereocenters. The van der Waals surface area contributed by atoms with Crippen LogP contribution in [0.1, 0.15) is 11.1 Å². The lowest BCUT2D eigenvalue weighted by Crippen LogP contribution is -2.17. The van der Waals surface area contributed by atoms with E-state index in [0.29, 0.717) is 0 Å². The van der Waals surface area contributed by atoms with Crippen molar-refractivity contribution >= 4 is 35.1 Å². The van der Waals surface area contributed by atoms with Gasteiger partial charge in [-0.15, -0.1) is 12.4 Å². The predicted molar refractivity (Wildman–Crippen MR) is 102 cm³/mol. The van der Waals surface area contributed by atoms with E-state index in [4.69, 9.17) is 4.42 Å². The zero-order valence-electron chi connectivity index (χ0n) is 13.8. The molecule has 0 amide bonds. The molecule has 0 radical (unpaired) electrons. The first kappa shape index (κ1) is 18.7. The van der Waals surface area contributed by atoms with Crippen molar-refractivity contribution in [1.29, 1.82) is 0 Å². The number of nitro groups is 1. The van der Waals surface area contributed by atoms with Gasteiger partial charge in [0, 0.05) is 36.2 Å². The Balaban J connectivity index is 0.00000225. The summed E-state index contributed by atoms with van der Waals surface area (Å²) in [6, 6.07) is 14.6. The Hall–Kier alpha value is -2.63. The Morgan fingerprint density at radius 2 is 2.00 bits per heavy atom. The van der Waals surface area contributed by atoms with Crippen LogP contribution in [-0.2, 0) is 6.54 Å². The number of nitro benzene ring substituents is 1. The van der Waals surface area contributed by atoms with Gasteiger partial charge in [0.05, 0.1) is 11.2 Å². The van der Waals surface area contributed by atoms with Gasteiger partial charge in [0.1, 0.15) is 5.58 Å². The number of halogens is 1. The van der Waals surface area contributed by atoms with Gasteiger partial charge in [-0.05, 0) is 18.7 Å². The summed E-state index contributed by atoms with van der Waals surface area (Å²) in [5, 5.41) is 11.9. The molecule has 3 aromatic rings. The van der Waals surface area contributed by atoms with Crippen LogP contribution in [0.15, 0.2) is 65.3 Å². The normalized spacial score (nSPS) is 11.1. The van der Waals surface area contributed by atoms with E-state index in [1.54, 1.807) is 18.4 Å². The molecule has 0 aliphatic carbocycles. The largest absolute Gasteiger partial charge is 0.464 e. The first-order valence-electron chi connectivity index (χ1n) is 7.68. The number of para-hydroxylation sites is 1. The van der Waals surface area contributed by atoms with Crippen molar-refractivity contribution in [2.24, 2.45) is 0 Å². The second-order valence-corrected chi connectivity index (χ2v) is 5.71. The van der Waals surface area contributed by atoms with Gasteiger partial charge in [-0.1, -0.05) is 42.5 Å². The summed E-state index contributed by atoms with van der Waals surface area (Å²) in [6.45, 7) is 1.51. The summed E-state index contributed by atoms with van der Waals surface area (Å²) in [5.74, 6) is 0. The van der Waals surface area contributed by atoms with E-state index in [1.807, 2.05) is 43.5 Å². The summed E-state index contributed by atoms with van der Waals surface area (Å²) < 4.78 is 5.55. The van der Waals surface area contributed by atoms with E-state index in [9.17, 15) is 10.1 Å². The highest BCUT2D eigenvalue weighted by Crippen LogP contribution is 2.21. The number of nitrogens with zero attached hydrogens (tertiary/aromatic N) is 2. The van der Waals surface area contributed by atoms with Crippen molar-refractivity contribution < 1.29 is 9.34 Å². The monoisotopic (exact) mass is 358 g/mol. The summed E-state index contributed by atoms with van der Waals surface area (Å²) in [5.41, 5.74) is 2.98. The van der Waals surface area contributed by atoms with Crippen molar-refractivity contribution in [2.75, 3.05) is 13.6 Å². The number of hydrogen-bond donors (Lipinski definition) is 0. The van der Waals surface area contributed by atoms with Crippen molar-refractivity contribution in [3.8, 4) is 0 Å². The Bertz CT molecular complexity index is 889. The van der Waals surface area contributed by atoms with Crippen molar-refractivity contribution in [2.45, 2.75) is 6.54 Å². The lowest BCUT2D eigenvalue weighted by molar-refractivity contribution is -0.384.